The van der Waals surface area contributed by atoms with Crippen molar-refractivity contribution in [1.29, 1.82) is 0 Å². The van der Waals surface area contributed by atoms with Crippen molar-refractivity contribution in [3.8, 4) is 11.5 Å². The molecule has 5 nitrogen and oxygen atoms in total. The average Bonchev–Trinajstić information content (AvgIpc) is 2.65. The highest BCUT2D eigenvalue weighted by molar-refractivity contribution is 6.07. The van der Waals surface area contributed by atoms with Crippen molar-refractivity contribution in [2.75, 3.05) is 19.0 Å². The lowest BCUT2D eigenvalue weighted by atomic mass is 10.1. The van der Waals surface area contributed by atoms with Gasteiger partial charge in [0.2, 0.25) is 5.91 Å². The Morgan fingerprint density at radius 3 is 2.62 bits per heavy atom. The summed E-state index contributed by atoms with van der Waals surface area (Å²) in [5.74, 6) is 0.732. The number of anilines is 1. The SMILES string of the molecule is C=CCOc1ccc(/C=C/C(=O)Nc2ccccc2C(C)=O)cc1OC. The van der Waals surface area contributed by atoms with Crippen molar-refractivity contribution in [3.05, 3.63) is 72.3 Å². The number of carbonyl (C=O) groups excluding carboxylic acids is 2. The summed E-state index contributed by atoms with van der Waals surface area (Å²) < 4.78 is 10.8. The molecule has 0 saturated carbocycles. The van der Waals surface area contributed by atoms with Gasteiger partial charge in [-0.05, 0) is 42.8 Å². The van der Waals surface area contributed by atoms with E-state index in [1.165, 1.54) is 13.0 Å². The van der Waals surface area contributed by atoms with Crippen LogP contribution in [0.4, 0.5) is 5.69 Å². The first-order valence-corrected chi connectivity index (χ1v) is 8.06. The molecule has 26 heavy (non-hydrogen) atoms. The molecule has 0 aliphatic heterocycles. The fourth-order valence-electron chi connectivity index (χ4n) is 2.30. The summed E-state index contributed by atoms with van der Waals surface area (Å²) in [6, 6.07) is 12.2. The van der Waals surface area contributed by atoms with Crippen LogP contribution in [0, 0.1) is 0 Å². The predicted octanol–water partition coefficient (Wildman–Crippen LogP) is 4.11. The zero-order valence-electron chi connectivity index (χ0n) is 14.8. The van der Waals surface area contributed by atoms with Gasteiger partial charge < -0.3 is 14.8 Å². The highest BCUT2D eigenvalue weighted by atomic mass is 16.5. The van der Waals surface area contributed by atoms with Gasteiger partial charge in [-0.15, -0.1) is 0 Å². The minimum absolute atomic E-state index is 0.107. The minimum atomic E-state index is -0.329. The molecule has 0 spiro atoms. The molecule has 2 aromatic rings. The number of hydrogen-bond donors (Lipinski definition) is 1. The highest BCUT2D eigenvalue weighted by Gasteiger charge is 2.08. The molecular weight excluding hydrogens is 330 g/mol. The lowest BCUT2D eigenvalue weighted by molar-refractivity contribution is -0.111. The summed E-state index contributed by atoms with van der Waals surface area (Å²) in [5.41, 5.74) is 1.74. The first kappa shape index (κ1) is 19.0. The van der Waals surface area contributed by atoms with E-state index >= 15 is 0 Å². The molecule has 0 aliphatic carbocycles. The molecule has 2 aromatic carbocycles. The molecule has 134 valence electrons. The number of carbonyl (C=O) groups is 2. The summed E-state index contributed by atoms with van der Waals surface area (Å²) >= 11 is 0. The first-order chi connectivity index (χ1) is 12.5. The van der Waals surface area contributed by atoms with Crippen LogP contribution in [0.2, 0.25) is 0 Å². The predicted molar refractivity (Wildman–Crippen MR) is 103 cm³/mol. The second-order valence-electron chi connectivity index (χ2n) is 5.43. The number of Topliss-reactive ketones (excluding diaryl/α,β-unsaturated/α-hetero) is 1. The third kappa shape index (κ3) is 5.08. The molecular formula is C21H21NO4. The Bertz CT molecular complexity index is 840. The topological polar surface area (TPSA) is 64.6 Å². The number of para-hydroxylation sites is 1. The maximum atomic E-state index is 12.1. The van der Waals surface area contributed by atoms with Crippen LogP contribution in [0.1, 0.15) is 22.8 Å². The Hall–Kier alpha value is -3.34. The Morgan fingerprint density at radius 1 is 1.15 bits per heavy atom. The van der Waals surface area contributed by atoms with Crippen LogP contribution < -0.4 is 14.8 Å². The number of hydrogen-bond acceptors (Lipinski definition) is 4. The van der Waals surface area contributed by atoms with Crippen molar-refractivity contribution < 1.29 is 19.1 Å². The van der Waals surface area contributed by atoms with E-state index in [4.69, 9.17) is 9.47 Å². The van der Waals surface area contributed by atoms with Crippen molar-refractivity contribution in [1.82, 2.24) is 0 Å². The number of nitrogens with one attached hydrogen (secondary N) is 1. The second kappa shape index (κ2) is 9.22. The second-order valence-corrected chi connectivity index (χ2v) is 5.43. The van der Waals surface area contributed by atoms with Crippen LogP contribution >= 0.6 is 0 Å². The minimum Gasteiger partial charge on any atom is -0.493 e. The number of rotatable bonds is 8. The van der Waals surface area contributed by atoms with Gasteiger partial charge in [0.05, 0.1) is 12.8 Å². The summed E-state index contributed by atoms with van der Waals surface area (Å²) in [5, 5.41) is 2.72. The maximum Gasteiger partial charge on any atom is 0.248 e. The Balaban J connectivity index is 2.11. The van der Waals surface area contributed by atoms with E-state index in [0.29, 0.717) is 29.4 Å². The molecule has 0 unspecified atom stereocenters. The molecule has 0 saturated heterocycles. The lowest BCUT2D eigenvalue weighted by Crippen LogP contribution is -2.11. The molecule has 2 rings (SSSR count). The third-order valence-corrected chi connectivity index (χ3v) is 3.54. The van der Waals surface area contributed by atoms with E-state index in [1.807, 2.05) is 6.07 Å². The number of benzene rings is 2. The van der Waals surface area contributed by atoms with Gasteiger partial charge in [-0.1, -0.05) is 30.9 Å². The van der Waals surface area contributed by atoms with E-state index in [9.17, 15) is 9.59 Å². The summed E-state index contributed by atoms with van der Waals surface area (Å²) in [7, 11) is 1.55. The van der Waals surface area contributed by atoms with Crippen LogP contribution in [0.15, 0.2) is 61.2 Å². The molecule has 0 aromatic heterocycles. The van der Waals surface area contributed by atoms with Crippen molar-refractivity contribution in [3.63, 3.8) is 0 Å². The zero-order valence-corrected chi connectivity index (χ0v) is 14.8. The molecule has 0 heterocycles. The van der Waals surface area contributed by atoms with E-state index in [-0.39, 0.29) is 11.7 Å². The van der Waals surface area contributed by atoms with Crippen LogP contribution in [0.5, 0.6) is 11.5 Å². The van der Waals surface area contributed by atoms with Gasteiger partial charge >= 0.3 is 0 Å². The van der Waals surface area contributed by atoms with Gasteiger partial charge in [0.1, 0.15) is 6.61 Å². The van der Waals surface area contributed by atoms with E-state index in [1.54, 1.807) is 55.7 Å². The fraction of sp³-hybridized carbons (Fsp3) is 0.143. The maximum absolute atomic E-state index is 12.1. The summed E-state index contributed by atoms with van der Waals surface area (Å²) in [6.45, 7) is 5.45. The molecule has 0 bridgehead atoms. The number of ether oxygens (including phenoxy) is 2. The Labute approximate surface area is 152 Å². The summed E-state index contributed by atoms with van der Waals surface area (Å²) in [4.78, 5) is 23.8. The first-order valence-electron chi connectivity index (χ1n) is 8.06. The molecule has 0 aliphatic rings. The van der Waals surface area contributed by atoms with Gasteiger partial charge in [-0.25, -0.2) is 0 Å². The third-order valence-electron chi connectivity index (χ3n) is 3.54. The molecule has 0 fully saturated rings. The van der Waals surface area contributed by atoms with Crippen LogP contribution in [-0.2, 0) is 4.79 Å². The van der Waals surface area contributed by atoms with Gasteiger partial charge in [-0.2, -0.15) is 0 Å². The molecule has 5 heteroatoms. The average molecular weight is 351 g/mol. The summed E-state index contributed by atoms with van der Waals surface area (Å²) in [6.07, 6.45) is 4.71. The largest absolute Gasteiger partial charge is 0.493 e. The quantitative estimate of drug-likeness (QED) is 0.441. The zero-order chi connectivity index (χ0) is 18.9. The number of methoxy groups -OCH3 is 1. The molecule has 1 amide bonds. The van der Waals surface area contributed by atoms with Crippen LogP contribution in [0.25, 0.3) is 6.08 Å². The monoisotopic (exact) mass is 351 g/mol. The van der Waals surface area contributed by atoms with Gasteiger partial charge in [0, 0.05) is 11.6 Å². The highest BCUT2D eigenvalue weighted by Crippen LogP contribution is 2.28. The van der Waals surface area contributed by atoms with E-state index < -0.39 is 0 Å². The van der Waals surface area contributed by atoms with Crippen LogP contribution in [-0.4, -0.2) is 25.4 Å². The standard InChI is InChI=1S/C21H21NO4/c1-4-13-26-19-11-9-16(14-20(19)25-3)10-12-21(24)22-18-8-6-5-7-17(18)15(2)23/h4-12,14H,1,13H2,2-3H3,(H,22,24)/b12-10+. The van der Waals surface area contributed by atoms with Gasteiger partial charge in [0.25, 0.3) is 0 Å². The van der Waals surface area contributed by atoms with Crippen molar-refractivity contribution >= 4 is 23.5 Å². The number of amides is 1. The number of ketones is 1. The molecule has 0 atom stereocenters. The Morgan fingerprint density at radius 2 is 1.92 bits per heavy atom. The lowest BCUT2D eigenvalue weighted by Gasteiger charge is -2.10. The van der Waals surface area contributed by atoms with E-state index in [2.05, 4.69) is 11.9 Å². The molecule has 1 N–H and O–H groups in total. The molecule has 0 radical (unpaired) electrons. The normalized spacial score (nSPS) is 10.4. The van der Waals surface area contributed by atoms with E-state index in [0.717, 1.165) is 5.56 Å². The Kier molecular flexibility index (Phi) is 6.74. The van der Waals surface area contributed by atoms with Gasteiger partial charge in [-0.3, -0.25) is 9.59 Å². The van der Waals surface area contributed by atoms with Gasteiger partial charge in [0.15, 0.2) is 17.3 Å². The van der Waals surface area contributed by atoms with Crippen molar-refractivity contribution in [2.24, 2.45) is 0 Å². The smallest absolute Gasteiger partial charge is 0.248 e. The van der Waals surface area contributed by atoms with Crippen LogP contribution in [0.3, 0.4) is 0 Å². The van der Waals surface area contributed by atoms with Crippen molar-refractivity contribution in [2.45, 2.75) is 6.92 Å². The fourth-order valence-corrected chi connectivity index (χ4v) is 2.30.